The molecule has 112 valence electrons. The van der Waals surface area contributed by atoms with Crippen molar-refractivity contribution in [3.8, 4) is 17.6 Å². The van der Waals surface area contributed by atoms with Crippen molar-refractivity contribution in [3.63, 3.8) is 0 Å². The van der Waals surface area contributed by atoms with Crippen LogP contribution in [0.15, 0.2) is 88.7 Å². The van der Waals surface area contributed by atoms with Crippen LogP contribution < -0.4 is 4.74 Å². The third-order valence-corrected chi connectivity index (χ3v) is 4.37. The fourth-order valence-corrected chi connectivity index (χ4v) is 3.01. The summed E-state index contributed by atoms with van der Waals surface area (Å²) in [6.07, 6.45) is 0. The summed E-state index contributed by atoms with van der Waals surface area (Å²) in [4.78, 5) is 2.38. The molecule has 0 aliphatic heterocycles. The van der Waals surface area contributed by atoms with Gasteiger partial charge in [0.15, 0.2) is 0 Å². The van der Waals surface area contributed by atoms with Gasteiger partial charge in [0.05, 0.1) is 7.11 Å². The molecule has 1 nitrogen and oxygen atoms in total. The monoisotopic (exact) mass is 316 g/mol. The third kappa shape index (κ3) is 4.18. The number of ether oxygens (including phenoxy) is 1. The lowest BCUT2D eigenvalue weighted by molar-refractivity contribution is 0.415. The maximum absolute atomic E-state index is 5.17. The van der Waals surface area contributed by atoms with Crippen molar-refractivity contribution >= 4 is 11.8 Å². The Morgan fingerprint density at radius 2 is 1.43 bits per heavy atom. The van der Waals surface area contributed by atoms with E-state index in [4.69, 9.17) is 4.74 Å². The third-order valence-electron chi connectivity index (χ3n) is 3.29. The summed E-state index contributed by atoms with van der Waals surface area (Å²) in [7, 11) is 1.66. The van der Waals surface area contributed by atoms with Crippen molar-refractivity contribution < 1.29 is 4.74 Å². The Morgan fingerprint density at radius 3 is 2.17 bits per heavy atom. The van der Waals surface area contributed by atoms with Gasteiger partial charge in [-0.05, 0) is 48.5 Å². The van der Waals surface area contributed by atoms with Crippen LogP contribution in [0.2, 0.25) is 0 Å². The average Bonchev–Trinajstić information content (AvgIpc) is 2.62. The van der Waals surface area contributed by atoms with E-state index in [-0.39, 0.29) is 0 Å². The average molecular weight is 316 g/mol. The second-order valence-corrected chi connectivity index (χ2v) is 6.01. The lowest BCUT2D eigenvalue weighted by Crippen LogP contribution is -1.83. The fourth-order valence-electron chi connectivity index (χ4n) is 2.09. The predicted octanol–water partition coefficient (Wildman–Crippen LogP) is 5.25. The maximum Gasteiger partial charge on any atom is 0.118 e. The van der Waals surface area contributed by atoms with E-state index in [1.165, 1.54) is 9.79 Å². The van der Waals surface area contributed by atoms with Gasteiger partial charge in [0.25, 0.3) is 0 Å². The minimum atomic E-state index is 0.843. The van der Waals surface area contributed by atoms with E-state index < -0.39 is 0 Å². The molecule has 2 heteroatoms. The van der Waals surface area contributed by atoms with Gasteiger partial charge in [-0.1, -0.05) is 53.9 Å². The number of hydrogen-bond donors (Lipinski definition) is 0. The van der Waals surface area contributed by atoms with Crippen LogP contribution in [0, 0.1) is 11.8 Å². The summed E-state index contributed by atoms with van der Waals surface area (Å²) in [5, 5.41) is 0. The molecule has 0 atom stereocenters. The quantitative estimate of drug-likeness (QED) is 0.611. The van der Waals surface area contributed by atoms with Crippen molar-refractivity contribution in [2.75, 3.05) is 7.11 Å². The first kappa shape index (κ1) is 15.3. The van der Waals surface area contributed by atoms with Gasteiger partial charge in [0.1, 0.15) is 5.75 Å². The van der Waals surface area contributed by atoms with Gasteiger partial charge in [-0.25, -0.2) is 0 Å². The largest absolute Gasteiger partial charge is 0.497 e. The lowest BCUT2D eigenvalue weighted by atomic mass is 10.2. The van der Waals surface area contributed by atoms with Crippen molar-refractivity contribution in [1.82, 2.24) is 0 Å². The molecule has 0 unspecified atom stereocenters. The smallest absolute Gasteiger partial charge is 0.118 e. The molecular formula is C21H16OS. The molecular weight excluding hydrogens is 300 g/mol. The SMILES string of the molecule is COc1ccc(C#Cc2ccccc2Sc2ccccc2)cc1. The second kappa shape index (κ2) is 7.58. The molecule has 0 radical (unpaired) electrons. The Kier molecular flexibility index (Phi) is 5.03. The molecule has 0 aliphatic rings. The van der Waals surface area contributed by atoms with Gasteiger partial charge in [-0.15, -0.1) is 0 Å². The molecule has 0 saturated carbocycles. The van der Waals surface area contributed by atoms with E-state index >= 15 is 0 Å². The van der Waals surface area contributed by atoms with Gasteiger partial charge >= 0.3 is 0 Å². The predicted molar refractivity (Wildman–Crippen MR) is 96.0 cm³/mol. The Morgan fingerprint density at radius 1 is 0.739 bits per heavy atom. The van der Waals surface area contributed by atoms with Crippen LogP contribution in [-0.2, 0) is 0 Å². The summed E-state index contributed by atoms with van der Waals surface area (Å²) in [5.41, 5.74) is 2.02. The Hall–Kier alpha value is -2.63. The summed E-state index contributed by atoms with van der Waals surface area (Å²) < 4.78 is 5.17. The second-order valence-electron chi connectivity index (χ2n) is 4.89. The van der Waals surface area contributed by atoms with Gasteiger partial charge in [-0.3, -0.25) is 0 Å². The van der Waals surface area contributed by atoms with E-state index in [1.54, 1.807) is 18.9 Å². The topological polar surface area (TPSA) is 9.23 Å². The minimum Gasteiger partial charge on any atom is -0.497 e. The van der Waals surface area contributed by atoms with E-state index in [9.17, 15) is 0 Å². The molecule has 0 spiro atoms. The molecule has 0 heterocycles. The van der Waals surface area contributed by atoms with Crippen molar-refractivity contribution in [3.05, 3.63) is 90.0 Å². The van der Waals surface area contributed by atoms with E-state index in [1.807, 2.05) is 54.6 Å². The highest BCUT2D eigenvalue weighted by Gasteiger charge is 2.01. The zero-order valence-electron chi connectivity index (χ0n) is 12.8. The van der Waals surface area contributed by atoms with Crippen LogP contribution in [-0.4, -0.2) is 7.11 Å². The molecule has 3 aromatic rings. The van der Waals surface area contributed by atoms with Crippen LogP contribution >= 0.6 is 11.8 Å². The Bertz CT molecular complexity index is 827. The van der Waals surface area contributed by atoms with Crippen LogP contribution in [0.25, 0.3) is 0 Å². The zero-order valence-corrected chi connectivity index (χ0v) is 13.6. The molecule has 0 aromatic heterocycles. The van der Waals surface area contributed by atoms with Crippen LogP contribution in [0.1, 0.15) is 11.1 Å². The molecule has 3 rings (SSSR count). The van der Waals surface area contributed by atoms with Crippen molar-refractivity contribution in [2.45, 2.75) is 9.79 Å². The van der Waals surface area contributed by atoms with Gasteiger partial charge < -0.3 is 4.74 Å². The minimum absolute atomic E-state index is 0.843. The van der Waals surface area contributed by atoms with Gasteiger partial charge in [0, 0.05) is 20.9 Å². The first-order valence-corrected chi connectivity index (χ1v) is 8.15. The highest BCUT2D eigenvalue weighted by molar-refractivity contribution is 7.99. The fraction of sp³-hybridized carbons (Fsp3) is 0.0476. The summed E-state index contributed by atoms with van der Waals surface area (Å²) >= 11 is 1.73. The molecule has 23 heavy (non-hydrogen) atoms. The number of rotatable bonds is 3. The number of benzene rings is 3. The van der Waals surface area contributed by atoms with Crippen LogP contribution in [0.4, 0.5) is 0 Å². The molecule has 0 bridgehead atoms. The van der Waals surface area contributed by atoms with Crippen molar-refractivity contribution in [2.24, 2.45) is 0 Å². The molecule has 0 N–H and O–H groups in total. The summed E-state index contributed by atoms with van der Waals surface area (Å²) in [5.74, 6) is 7.34. The van der Waals surface area contributed by atoms with Gasteiger partial charge in [0.2, 0.25) is 0 Å². The molecule has 3 aromatic carbocycles. The van der Waals surface area contributed by atoms with Crippen LogP contribution in [0.3, 0.4) is 0 Å². The highest BCUT2D eigenvalue weighted by Crippen LogP contribution is 2.29. The molecule has 0 fully saturated rings. The first-order chi connectivity index (χ1) is 11.3. The standard InChI is InChI=1S/C21H16OS/c1-22-19-15-12-17(13-16-19)11-14-18-7-5-6-10-21(18)23-20-8-3-2-4-9-20/h2-10,12-13,15-16H,1H3. The van der Waals surface area contributed by atoms with Crippen molar-refractivity contribution in [1.29, 1.82) is 0 Å². The Labute approximate surface area is 141 Å². The Balaban J connectivity index is 1.84. The van der Waals surface area contributed by atoms with Crippen LogP contribution in [0.5, 0.6) is 5.75 Å². The summed E-state index contributed by atoms with van der Waals surface area (Å²) in [6, 6.07) is 26.4. The highest BCUT2D eigenvalue weighted by atomic mass is 32.2. The first-order valence-electron chi connectivity index (χ1n) is 7.33. The van der Waals surface area contributed by atoms with Gasteiger partial charge in [-0.2, -0.15) is 0 Å². The number of hydrogen-bond acceptors (Lipinski definition) is 2. The van der Waals surface area contributed by atoms with E-state index in [2.05, 4.69) is 36.1 Å². The lowest BCUT2D eigenvalue weighted by Gasteiger charge is -2.04. The maximum atomic E-state index is 5.17. The van der Waals surface area contributed by atoms with E-state index in [0.717, 1.165) is 16.9 Å². The zero-order chi connectivity index (χ0) is 15.9. The van der Waals surface area contributed by atoms with E-state index in [0.29, 0.717) is 0 Å². The molecule has 0 amide bonds. The summed E-state index contributed by atoms with van der Waals surface area (Å²) in [6.45, 7) is 0. The number of methoxy groups -OCH3 is 1. The molecule has 0 saturated heterocycles. The molecule has 0 aliphatic carbocycles. The normalized spacial score (nSPS) is 9.78.